The normalized spacial score (nSPS) is 10.3. The van der Waals surface area contributed by atoms with Crippen LogP contribution in [0.1, 0.15) is 11.1 Å². The molecule has 3 heteroatoms. The average molecular weight is 312 g/mol. The van der Waals surface area contributed by atoms with Crippen LogP contribution in [0, 0.1) is 6.92 Å². The van der Waals surface area contributed by atoms with Crippen molar-refractivity contribution in [1.82, 2.24) is 0 Å². The molecule has 0 saturated carbocycles. The summed E-state index contributed by atoms with van der Waals surface area (Å²) < 4.78 is 6.79. The Bertz CT molecular complexity index is 508. The fourth-order valence-electron chi connectivity index (χ4n) is 1.47. The summed E-state index contributed by atoms with van der Waals surface area (Å²) >= 11 is 9.26. The van der Waals surface area contributed by atoms with Gasteiger partial charge < -0.3 is 4.74 Å². The maximum Gasteiger partial charge on any atom is 0.123 e. The summed E-state index contributed by atoms with van der Waals surface area (Å²) in [4.78, 5) is 0. The summed E-state index contributed by atoms with van der Waals surface area (Å²) in [5.74, 6) is 0.898. The van der Waals surface area contributed by atoms with Gasteiger partial charge in [0, 0.05) is 9.50 Å². The van der Waals surface area contributed by atoms with E-state index in [1.54, 1.807) is 0 Å². The molecule has 1 nitrogen and oxygen atoms in total. The monoisotopic (exact) mass is 310 g/mol. The molecular formula is C14H12BrClO. The quantitative estimate of drug-likeness (QED) is 0.776. The third-order valence-corrected chi connectivity index (χ3v) is 3.20. The van der Waals surface area contributed by atoms with Crippen molar-refractivity contribution in [1.29, 1.82) is 0 Å². The van der Waals surface area contributed by atoms with Crippen molar-refractivity contribution < 1.29 is 4.74 Å². The van der Waals surface area contributed by atoms with E-state index in [4.69, 9.17) is 16.3 Å². The molecule has 0 unspecified atom stereocenters. The molecule has 2 aromatic rings. The standard InChI is InChI=1S/C14H12BrClO/c1-10-2-5-12(15)8-14(10)17-9-11-3-6-13(16)7-4-11/h2-8H,9H2,1H3. The lowest BCUT2D eigenvalue weighted by atomic mass is 10.2. The Morgan fingerprint density at radius 3 is 2.53 bits per heavy atom. The van der Waals surface area contributed by atoms with Crippen molar-refractivity contribution in [2.45, 2.75) is 13.5 Å². The first-order chi connectivity index (χ1) is 8.15. The molecule has 0 heterocycles. The molecule has 0 atom stereocenters. The lowest BCUT2D eigenvalue weighted by Gasteiger charge is -2.09. The molecule has 0 spiro atoms. The number of hydrogen-bond acceptors (Lipinski definition) is 1. The molecule has 2 aromatic carbocycles. The maximum atomic E-state index is 5.83. The van der Waals surface area contributed by atoms with Crippen LogP contribution >= 0.6 is 27.5 Å². The maximum absolute atomic E-state index is 5.83. The van der Waals surface area contributed by atoms with Crippen molar-refractivity contribution in [3.63, 3.8) is 0 Å². The highest BCUT2D eigenvalue weighted by Gasteiger charge is 2.01. The van der Waals surface area contributed by atoms with Gasteiger partial charge in [-0.2, -0.15) is 0 Å². The predicted molar refractivity (Wildman–Crippen MR) is 74.7 cm³/mol. The molecule has 0 saturated heterocycles. The number of aryl methyl sites for hydroxylation is 1. The van der Waals surface area contributed by atoms with Gasteiger partial charge in [0.2, 0.25) is 0 Å². The highest BCUT2D eigenvalue weighted by atomic mass is 79.9. The molecule has 0 amide bonds. The highest BCUT2D eigenvalue weighted by molar-refractivity contribution is 9.10. The van der Waals surface area contributed by atoms with Crippen LogP contribution in [0.3, 0.4) is 0 Å². The van der Waals surface area contributed by atoms with Crippen LogP contribution < -0.4 is 4.74 Å². The summed E-state index contributed by atoms with van der Waals surface area (Å²) in [5.41, 5.74) is 2.23. The van der Waals surface area contributed by atoms with Gasteiger partial charge in [0.1, 0.15) is 12.4 Å². The second kappa shape index (κ2) is 5.56. The number of halogens is 2. The van der Waals surface area contributed by atoms with E-state index >= 15 is 0 Å². The second-order valence-corrected chi connectivity index (χ2v) is 5.18. The van der Waals surface area contributed by atoms with Crippen molar-refractivity contribution >= 4 is 27.5 Å². The van der Waals surface area contributed by atoms with Crippen molar-refractivity contribution in [2.24, 2.45) is 0 Å². The Balaban J connectivity index is 2.07. The van der Waals surface area contributed by atoms with E-state index in [9.17, 15) is 0 Å². The zero-order chi connectivity index (χ0) is 12.3. The predicted octanol–water partition coefficient (Wildman–Crippen LogP) is 4.99. The van der Waals surface area contributed by atoms with Gasteiger partial charge in [-0.25, -0.2) is 0 Å². The fourth-order valence-corrected chi connectivity index (χ4v) is 1.94. The average Bonchev–Trinajstić information content (AvgIpc) is 2.32. The molecule has 0 aromatic heterocycles. The smallest absolute Gasteiger partial charge is 0.123 e. The fraction of sp³-hybridized carbons (Fsp3) is 0.143. The van der Waals surface area contributed by atoms with Gasteiger partial charge in [-0.3, -0.25) is 0 Å². The third kappa shape index (κ3) is 3.48. The Morgan fingerprint density at radius 2 is 1.82 bits per heavy atom. The van der Waals surface area contributed by atoms with E-state index in [0.29, 0.717) is 6.61 Å². The minimum atomic E-state index is 0.550. The van der Waals surface area contributed by atoms with Crippen LogP contribution in [0.25, 0.3) is 0 Å². The molecule has 88 valence electrons. The number of rotatable bonds is 3. The van der Waals surface area contributed by atoms with E-state index in [2.05, 4.69) is 15.9 Å². The van der Waals surface area contributed by atoms with Gasteiger partial charge >= 0.3 is 0 Å². The molecular weight excluding hydrogens is 300 g/mol. The van der Waals surface area contributed by atoms with Gasteiger partial charge in [-0.15, -0.1) is 0 Å². The lowest BCUT2D eigenvalue weighted by molar-refractivity contribution is 0.304. The Kier molecular flexibility index (Phi) is 4.08. The second-order valence-electron chi connectivity index (χ2n) is 3.82. The van der Waals surface area contributed by atoms with Crippen LogP contribution in [0.5, 0.6) is 5.75 Å². The Morgan fingerprint density at radius 1 is 1.12 bits per heavy atom. The van der Waals surface area contributed by atoms with E-state index in [1.165, 1.54) is 0 Å². The molecule has 0 aliphatic carbocycles. The zero-order valence-electron chi connectivity index (χ0n) is 9.41. The van der Waals surface area contributed by atoms with Gasteiger partial charge in [-0.05, 0) is 42.3 Å². The van der Waals surface area contributed by atoms with E-state index in [1.807, 2.05) is 49.4 Å². The minimum Gasteiger partial charge on any atom is -0.489 e. The molecule has 0 bridgehead atoms. The minimum absolute atomic E-state index is 0.550. The largest absolute Gasteiger partial charge is 0.489 e. The first-order valence-electron chi connectivity index (χ1n) is 5.28. The summed E-state index contributed by atoms with van der Waals surface area (Å²) in [6.45, 7) is 2.58. The summed E-state index contributed by atoms with van der Waals surface area (Å²) in [7, 11) is 0. The van der Waals surface area contributed by atoms with Crippen LogP contribution in [-0.4, -0.2) is 0 Å². The first kappa shape index (κ1) is 12.5. The van der Waals surface area contributed by atoms with Crippen molar-refractivity contribution in [3.8, 4) is 5.75 Å². The van der Waals surface area contributed by atoms with Gasteiger partial charge in [-0.1, -0.05) is 45.7 Å². The molecule has 0 aliphatic heterocycles. The SMILES string of the molecule is Cc1ccc(Br)cc1OCc1ccc(Cl)cc1. The summed E-state index contributed by atoms with van der Waals surface area (Å²) in [6.07, 6.45) is 0. The Labute approximate surface area is 115 Å². The molecule has 2 rings (SSSR count). The molecule has 0 N–H and O–H groups in total. The van der Waals surface area contributed by atoms with Crippen LogP contribution in [0.2, 0.25) is 5.02 Å². The van der Waals surface area contributed by atoms with Gasteiger partial charge in [0.25, 0.3) is 0 Å². The van der Waals surface area contributed by atoms with E-state index in [-0.39, 0.29) is 0 Å². The van der Waals surface area contributed by atoms with Crippen LogP contribution in [0.15, 0.2) is 46.9 Å². The first-order valence-corrected chi connectivity index (χ1v) is 6.45. The van der Waals surface area contributed by atoms with Gasteiger partial charge in [0.15, 0.2) is 0 Å². The zero-order valence-corrected chi connectivity index (χ0v) is 11.8. The number of benzene rings is 2. The third-order valence-electron chi connectivity index (χ3n) is 2.46. The Hall–Kier alpha value is -0.990. The molecule has 0 aliphatic rings. The number of ether oxygens (including phenoxy) is 1. The molecule has 0 radical (unpaired) electrons. The highest BCUT2D eigenvalue weighted by Crippen LogP contribution is 2.24. The number of hydrogen-bond donors (Lipinski definition) is 0. The van der Waals surface area contributed by atoms with E-state index < -0.39 is 0 Å². The van der Waals surface area contributed by atoms with Gasteiger partial charge in [0.05, 0.1) is 0 Å². The molecule has 0 fully saturated rings. The van der Waals surface area contributed by atoms with E-state index in [0.717, 1.165) is 26.4 Å². The summed E-state index contributed by atoms with van der Waals surface area (Å²) in [6, 6.07) is 13.7. The van der Waals surface area contributed by atoms with Crippen LogP contribution in [-0.2, 0) is 6.61 Å². The topological polar surface area (TPSA) is 9.23 Å². The van der Waals surface area contributed by atoms with Crippen molar-refractivity contribution in [3.05, 3.63) is 63.1 Å². The van der Waals surface area contributed by atoms with Crippen LogP contribution in [0.4, 0.5) is 0 Å². The summed E-state index contributed by atoms with van der Waals surface area (Å²) in [5, 5.41) is 0.743. The molecule has 17 heavy (non-hydrogen) atoms. The van der Waals surface area contributed by atoms with Crippen molar-refractivity contribution in [2.75, 3.05) is 0 Å². The lowest BCUT2D eigenvalue weighted by Crippen LogP contribution is -1.96.